The van der Waals surface area contributed by atoms with Gasteiger partial charge in [-0.3, -0.25) is 0 Å². The van der Waals surface area contributed by atoms with E-state index >= 15 is 0 Å². The van der Waals surface area contributed by atoms with Crippen molar-refractivity contribution in [2.45, 2.75) is 43.8 Å². The summed E-state index contributed by atoms with van der Waals surface area (Å²) in [6, 6.07) is 0. The molecule has 0 aliphatic heterocycles. The largest absolute Gasteiger partial charge is 0.395 e. The topological polar surface area (TPSA) is 38.9 Å². The minimum absolute atomic E-state index is 0.130. The van der Waals surface area contributed by atoms with Gasteiger partial charge in [0.15, 0.2) is 0 Å². The van der Waals surface area contributed by atoms with Crippen molar-refractivity contribution in [3.8, 4) is 0 Å². The van der Waals surface area contributed by atoms with E-state index in [-0.39, 0.29) is 10.5 Å². The number of rotatable bonds is 3. The van der Waals surface area contributed by atoms with E-state index in [4.69, 9.17) is 5.73 Å². The highest BCUT2D eigenvalue weighted by Crippen LogP contribution is 2.33. The Morgan fingerprint density at radius 3 is 2.62 bits per heavy atom. The van der Waals surface area contributed by atoms with E-state index < -0.39 is 12.6 Å². The average Bonchev–Trinajstić information content (AvgIpc) is 2.46. The number of aromatic nitrogens is 1. The Morgan fingerprint density at radius 2 is 2.12 bits per heavy atom. The van der Waals surface area contributed by atoms with Crippen molar-refractivity contribution in [2.75, 3.05) is 0 Å². The van der Waals surface area contributed by atoms with E-state index in [2.05, 4.69) is 4.98 Å². The molecule has 0 amide bonds. The molecule has 0 atom stereocenters. The summed E-state index contributed by atoms with van der Waals surface area (Å²) in [5.41, 5.74) is 6.50. The van der Waals surface area contributed by atoms with Crippen LogP contribution in [0.2, 0.25) is 0 Å². The van der Waals surface area contributed by atoms with Gasteiger partial charge in [-0.05, 0) is 19.3 Å². The van der Waals surface area contributed by atoms with Gasteiger partial charge in [0.2, 0.25) is 0 Å². The van der Waals surface area contributed by atoms with Crippen LogP contribution in [0, 0.1) is 0 Å². The van der Waals surface area contributed by atoms with Crippen LogP contribution in [0.3, 0.4) is 0 Å². The summed E-state index contributed by atoms with van der Waals surface area (Å²) in [4.78, 5) is 3.98. The molecule has 90 valence electrons. The molecule has 2 N–H and O–H groups in total. The third-order valence-electron chi connectivity index (χ3n) is 2.83. The third kappa shape index (κ3) is 2.95. The first-order chi connectivity index (χ1) is 7.36. The number of alkyl halides is 3. The third-order valence-corrected chi connectivity index (χ3v) is 3.73. The second-order valence-electron chi connectivity index (χ2n) is 4.42. The molecular weight excluding hydrogens is 237 g/mol. The molecule has 1 aromatic rings. The summed E-state index contributed by atoms with van der Waals surface area (Å²) in [6.45, 7) is 0. The first-order valence-electron chi connectivity index (χ1n) is 5.15. The van der Waals surface area contributed by atoms with Crippen LogP contribution < -0.4 is 5.73 Å². The number of nitrogens with two attached hydrogens (primary N) is 1. The lowest BCUT2D eigenvalue weighted by Crippen LogP contribution is -2.48. The van der Waals surface area contributed by atoms with Crippen LogP contribution in [0.25, 0.3) is 0 Å². The summed E-state index contributed by atoms with van der Waals surface area (Å²) < 4.78 is 36.3. The predicted molar refractivity (Wildman–Crippen MR) is 56.3 cm³/mol. The molecule has 1 heterocycles. The van der Waals surface area contributed by atoms with Gasteiger partial charge in [0.05, 0.1) is 12.1 Å². The van der Waals surface area contributed by atoms with Gasteiger partial charge < -0.3 is 5.73 Å². The van der Waals surface area contributed by atoms with Crippen LogP contribution in [-0.4, -0.2) is 16.7 Å². The molecule has 0 bridgehead atoms. The Hall–Kier alpha value is -0.620. The Morgan fingerprint density at radius 1 is 1.44 bits per heavy atom. The van der Waals surface area contributed by atoms with Gasteiger partial charge >= 0.3 is 6.18 Å². The number of nitrogens with zero attached hydrogens (tertiary/aromatic N) is 1. The molecule has 0 aromatic carbocycles. The zero-order chi connectivity index (χ0) is 11.8. The summed E-state index contributed by atoms with van der Waals surface area (Å²) in [5.74, 6) is 0. The van der Waals surface area contributed by atoms with Crippen molar-refractivity contribution in [1.29, 1.82) is 0 Å². The van der Waals surface area contributed by atoms with Crippen LogP contribution in [0.1, 0.15) is 30.0 Å². The van der Waals surface area contributed by atoms with E-state index in [1.807, 2.05) is 0 Å². The maximum absolute atomic E-state index is 12.1. The highest BCUT2D eigenvalue weighted by atomic mass is 32.1. The molecule has 6 heteroatoms. The van der Waals surface area contributed by atoms with E-state index in [0.717, 1.165) is 30.6 Å². The molecule has 1 saturated carbocycles. The molecule has 1 aliphatic rings. The molecule has 0 spiro atoms. The smallest absolute Gasteiger partial charge is 0.325 e. The fraction of sp³-hybridized carbons (Fsp3) is 0.700. The first-order valence-corrected chi connectivity index (χ1v) is 6.03. The maximum Gasteiger partial charge on any atom is 0.395 e. The molecule has 1 aromatic heterocycles. The van der Waals surface area contributed by atoms with Crippen molar-refractivity contribution in [2.24, 2.45) is 5.73 Å². The number of hydrogen-bond acceptors (Lipinski definition) is 3. The van der Waals surface area contributed by atoms with Gasteiger partial charge in [0.1, 0.15) is 5.01 Å². The Labute approximate surface area is 95.7 Å². The number of thiazole rings is 1. The molecule has 2 rings (SSSR count). The summed E-state index contributed by atoms with van der Waals surface area (Å²) in [7, 11) is 0. The van der Waals surface area contributed by atoms with E-state index in [0.29, 0.717) is 12.1 Å². The van der Waals surface area contributed by atoms with Crippen molar-refractivity contribution in [1.82, 2.24) is 4.98 Å². The fourth-order valence-electron chi connectivity index (χ4n) is 1.85. The summed E-state index contributed by atoms with van der Waals surface area (Å²) in [6.07, 6.45) is -1.52. The molecule has 0 saturated heterocycles. The molecule has 16 heavy (non-hydrogen) atoms. The zero-order valence-electron chi connectivity index (χ0n) is 8.68. The Kier molecular flexibility index (Phi) is 2.96. The maximum atomic E-state index is 12.1. The normalized spacial score (nSPS) is 19.5. The fourth-order valence-corrected chi connectivity index (χ4v) is 2.68. The quantitative estimate of drug-likeness (QED) is 0.895. The van der Waals surface area contributed by atoms with E-state index in [1.165, 1.54) is 0 Å². The lowest BCUT2D eigenvalue weighted by atomic mass is 9.75. The molecule has 0 radical (unpaired) electrons. The SMILES string of the molecule is NC1(Cc2csc(CC(F)(F)F)n2)CCC1. The highest BCUT2D eigenvalue weighted by Gasteiger charge is 2.34. The van der Waals surface area contributed by atoms with Crippen LogP contribution in [0.4, 0.5) is 13.2 Å². The molecule has 0 unspecified atom stereocenters. The van der Waals surface area contributed by atoms with E-state index in [1.54, 1.807) is 5.38 Å². The van der Waals surface area contributed by atoms with Crippen LogP contribution in [-0.2, 0) is 12.8 Å². The number of hydrogen-bond donors (Lipinski definition) is 1. The monoisotopic (exact) mass is 250 g/mol. The van der Waals surface area contributed by atoms with Crippen LogP contribution in [0.5, 0.6) is 0 Å². The number of halogens is 3. The van der Waals surface area contributed by atoms with Crippen molar-refractivity contribution < 1.29 is 13.2 Å². The summed E-state index contributed by atoms with van der Waals surface area (Å²) >= 11 is 1.07. The van der Waals surface area contributed by atoms with Crippen molar-refractivity contribution >= 4 is 11.3 Å². The van der Waals surface area contributed by atoms with Crippen LogP contribution >= 0.6 is 11.3 Å². The van der Waals surface area contributed by atoms with Crippen molar-refractivity contribution in [3.63, 3.8) is 0 Å². The van der Waals surface area contributed by atoms with Gasteiger partial charge in [-0.1, -0.05) is 0 Å². The van der Waals surface area contributed by atoms with Gasteiger partial charge in [0.25, 0.3) is 0 Å². The Bertz CT molecular complexity index is 368. The molecule has 2 nitrogen and oxygen atoms in total. The zero-order valence-corrected chi connectivity index (χ0v) is 9.50. The van der Waals surface area contributed by atoms with Gasteiger partial charge in [-0.25, -0.2) is 4.98 Å². The predicted octanol–water partition coefficient (Wildman–Crippen LogP) is 2.67. The van der Waals surface area contributed by atoms with Crippen LogP contribution in [0.15, 0.2) is 5.38 Å². The second kappa shape index (κ2) is 4.00. The summed E-state index contributed by atoms with van der Waals surface area (Å²) in [5, 5.41) is 1.82. The molecular formula is C10H13F3N2S. The second-order valence-corrected chi connectivity index (χ2v) is 5.36. The molecule has 1 aliphatic carbocycles. The van der Waals surface area contributed by atoms with E-state index in [9.17, 15) is 13.2 Å². The van der Waals surface area contributed by atoms with Gasteiger partial charge in [0, 0.05) is 17.3 Å². The lowest BCUT2D eigenvalue weighted by Gasteiger charge is -2.37. The standard InChI is InChI=1S/C10H13F3N2S/c11-10(12,13)5-8-15-7(6-16-8)4-9(14)2-1-3-9/h6H,1-5,14H2. The highest BCUT2D eigenvalue weighted by molar-refractivity contribution is 7.09. The minimum Gasteiger partial charge on any atom is -0.325 e. The lowest BCUT2D eigenvalue weighted by molar-refractivity contribution is -0.127. The van der Waals surface area contributed by atoms with Crippen molar-refractivity contribution in [3.05, 3.63) is 16.1 Å². The minimum atomic E-state index is -4.17. The average molecular weight is 250 g/mol. The Balaban J connectivity index is 1.97. The van der Waals surface area contributed by atoms with Gasteiger partial charge in [-0.2, -0.15) is 13.2 Å². The molecule has 1 fully saturated rings. The van der Waals surface area contributed by atoms with Gasteiger partial charge in [-0.15, -0.1) is 11.3 Å². The first kappa shape index (κ1) is 11.9.